The van der Waals surface area contributed by atoms with Gasteiger partial charge in [-0.3, -0.25) is 4.79 Å². The Morgan fingerprint density at radius 1 is 1.64 bits per heavy atom. The molecule has 0 spiro atoms. The van der Waals surface area contributed by atoms with Gasteiger partial charge >= 0.3 is 0 Å². The van der Waals surface area contributed by atoms with Crippen LogP contribution in [0.4, 0.5) is 0 Å². The summed E-state index contributed by atoms with van der Waals surface area (Å²) >= 11 is 0. The van der Waals surface area contributed by atoms with Gasteiger partial charge in [0.25, 0.3) is 0 Å². The summed E-state index contributed by atoms with van der Waals surface area (Å²) in [6.07, 6.45) is 2.90. The van der Waals surface area contributed by atoms with Gasteiger partial charge in [0.1, 0.15) is 0 Å². The van der Waals surface area contributed by atoms with E-state index in [1.54, 1.807) is 4.90 Å². The summed E-state index contributed by atoms with van der Waals surface area (Å²) < 4.78 is 0. The average Bonchev–Trinajstić information content (AvgIpc) is 2.97. The van der Waals surface area contributed by atoms with Crippen molar-refractivity contribution < 1.29 is 9.90 Å². The van der Waals surface area contributed by atoms with E-state index in [9.17, 15) is 4.79 Å². The Kier molecular flexibility index (Phi) is 4.35. The Hall–Kier alpha value is -0.610. The van der Waals surface area contributed by atoms with Crippen molar-refractivity contribution in [1.82, 2.24) is 4.90 Å². The molecule has 0 bridgehead atoms. The molecular formula is C10H20N2O2. The molecule has 82 valence electrons. The molecule has 3 N–H and O–H groups in total. The highest BCUT2D eigenvalue weighted by Crippen LogP contribution is 2.28. The Morgan fingerprint density at radius 3 is 2.71 bits per heavy atom. The van der Waals surface area contributed by atoms with Crippen molar-refractivity contribution in [2.45, 2.75) is 32.2 Å². The summed E-state index contributed by atoms with van der Waals surface area (Å²) in [6.45, 7) is 2.97. The quantitative estimate of drug-likeness (QED) is 0.632. The number of carbonyl (C=O) groups is 1. The standard InChI is InChI=1S/C10H20N2O2/c1-8(4-5-11)10(14)12(6-7-13)9-2-3-9/h8-9,13H,2-7,11H2,1H3. The third kappa shape index (κ3) is 2.96. The second-order valence-corrected chi connectivity index (χ2v) is 3.96. The summed E-state index contributed by atoms with van der Waals surface area (Å²) in [4.78, 5) is 13.7. The minimum Gasteiger partial charge on any atom is -0.395 e. The first-order chi connectivity index (χ1) is 6.70. The normalized spacial score (nSPS) is 17.9. The zero-order valence-electron chi connectivity index (χ0n) is 8.78. The van der Waals surface area contributed by atoms with Crippen molar-refractivity contribution in [3.63, 3.8) is 0 Å². The molecule has 1 fully saturated rings. The minimum atomic E-state index is -0.00727. The van der Waals surface area contributed by atoms with Crippen LogP contribution in [0.25, 0.3) is 0 Å². The fourth-order valence-corrected chi connectivity index (χ4v) is 1.62. The van der Waals surface area contributed by atoms with E-state index < -0.39 is 0 Å². The third-order valence-electron chi connectivity index (χ3n) is 2.63. The van der Waals surface area contributed by atoms with Crippen molar-refractivity contribution >= 4 is 5.91 Å². The molecule has 0 heterocycles. The third-order valence-corrected chi connectivity index (χ3v) is 2.63. The fourth-order valence-electron chi connectivity index (χ4n) is 1.62. The van der Waals surface area contributed by atoms with Crippen LogP contribution in [0.1, 0.15) is 26.2 Å². The van der Waals surface area contributed by atoms with Crippen LogP contribution >= 0.6 is 0 Å². The molecule has 1 aliphatic carbocycles. The molecule has 1 amide bonds. The summed E-state index contributed by atoms with van der Waals surface area (Å²) in [5, 5.41) is 8.86. The molecular weight excluding hydrogens is 180 g/mol. The minimum absolute atomic E-state index is 0.00727. The fraction of sp³-hybridized carbons (Fsp3) is 0.900. The maximum atomic E-state index is 11.9. The molecule has 1 rings (SSSR count). The Bertz CT molecular complexity index is 193. The first-order valence-corrected chi connectivity index (χ1v) is 5.32. The molecule has 0 aromatic heterocycles. The van der Waals surface area contributed by atoms with Crippen molar-refractivity contribution in [1.29, 1.82) is 0 Å². The molecule has 1 atom stereocenters. The molecule has 0 aromatic rings. The SMILES string of the molecule is CC(CCN)C(=O)N(CCO)C1CC1. The summed E-state index contributed by atoms with van der Waals surface area (Å²) in [5.41, 5.74) is 5.41. The molecule has 4 heteroatoms. The van der Waals surface area contributed by atoms with Crippen LogP contribution in [-0.2, 0) is 4.79 Å². The Balaban J connectivity index is 2.44. The number of nitrogens with two attached hydrogens (primary N) is 1. The highest BCUT2D eigenvalue weighted by molar-refractivity contribution is 5.79. The zero-order chi connectivity index (χ0) is 10.6. The second kappa shape index (κ2) is 5.32. The summed E-state index contributed by atoms with van der Waals surface area (Å²) in [7, 11) is 0. The zero-order valence-corrected chi connectivity index (χ0v) is 8.78. The molecule has 0 radical (unpaired) electrons. The first kappa shape index (κ1) is 11.5. The van der Waals surface area contributed by atoms with Crippen LogP contribution in [-0.4, -0.2) is 41.7 Å². The first-order valence-electron chi connectivity index (χ1n) is 5.32. The number of amides is 1. The van der Waals surface area contributed by atoms with E-state index in [2.05, 4.69) is 0 Å². The number of aliphatic hydroxyl groups excluding tert-OH is 1. The monoisotopic (exact) mass is 200 g/mol. The summed E-state index contributed by atoms with van der Waals surface area (Å²) in [5.74, 6) is 0.138. The van der Waals surface area contributed by atoms with Crippen LogP contribution < -0.4 is 5.73 Å². The predicted molar refractivity (Wildman–Crippen MR) is 54.7 cm³/mol. The summed E-state index contributed by atoms with van der Waals surface area (Å²) in [6, 6.07) is 0.384. The van der Waals surface area contributed by atoms with E-state index >= 15 is 0 Å². The highest BCUT2D eigenvalue weighted by Gasteiger charge is 2.33. The van der Waals surface area contributed by atoms with Gasteiger partial charge in [-0.15, -0.1) is 0 Å². The molecule has 1 aliphatic rings. The lowest BCUT2D eigenvalue weighted by Gasteiger charge is -2.24. The van der Waals surface area contributed by atoms with Crippen molar-refractivity contribution in [2.75, 3.05) is 19.7 Å². The second-order valence-electron chi connectivity index (χ2n) is 3.96. The van der Waals surface area contributed by atoms with Gasteiger partial charge in [0.2, 0.25) is 5.91 Å². The maximum Gasteiger partial charge on any atom is 0.225 e. The van der Waals surface area contributed by atoms with Gasteiger partial charge in [0, 0.05) is 18.5 Å². The smallest absolute Gasteiger partial charge is 0.225 e. The largest absolute Gasteiger partial charge is 0.395 e. The van der Waals surface area contributed by atoms with Gasteiger partial charge in [0.15, 0.2) is 0 Å². The molecule has 1 saturated carbocycles. The van der Waals surface area contributed by atoms with Gasteiger partial charge in [-0.1, -0.05) is 6.92 Å². The van der Waals surface area contributed by atoms with Crippen LogP contribution in [0.3, 0.4) is 0 Å². The van der Waals surface area contributed by atoms with E-state index in [1.807, 2.05) is 6.92 Å². The predicted octanol–water partition coefficient (Wildman–Crippen LogP) is -0.0454. The lowest BCUT2D eigenvalue weighted by Crippen LogP contribution is -2.39. The number of hydrogen-bond acceptors (Lipinski definition) is 3. The van der Waals surface area contributed by atoms with E-state index in [0.29, 0.717) is 19.1 Å². The van der Waals surface area contributed by atoms with Crippen LogP contribution in [0.15, 0.2) is 0 Å². The number of rotatable bonds is 6. The van der Waals surface area contributed by atoms with Gasteiger partial charge < -0.3 is 15.7 Å². The highest BCUT2D eigenvalue weighted by atomic mass is 16.3. The lowest BCUT2D eigenvalue weighted by molar-refractivity contribution is -0.136. The van der Waals surface area contributed by atoms with Crippen molar-refractivity contribution in [2.24, 2.45) is 11.7 Å². The Morgan fingerprint density at radius 2 is 2.29 bits per heavy atom. The molecule has 14 heavy (non-hydrogen) atoms. The topological polar surface area (TPSA) is 66.6 Å². The Labute approximate surface area is 85.1 Å². The molecule has 4 nitrogen and oxygen atoms in total. The van der Waals surface area contributed by atoms with E-state index in [-0.39, 0.29) is 18.4 Å². The van der Waals surface area contributed by atoms with E-state index in [0.717, 1.165) is 19.3 Å². The van der Waals surface area contributed by atoms with E-state index in [1.165, 1.54) is 0 Å². The average molecular weight is 200 g/mol. The number of hydrogen-bond donors (Lipinski definition) is 2. The van der Waals surface area contributed by atoms with Gasteiger partial charge in [0.05, 0.1) is 6.61 Å². The van der Waals surface area contributed by atoms with Crippen LogP contribution in [0, 0.1) is 5.92 Å². The molecule has 0 saturated heterocycles. The van der Waals surface area contributed by atoms with E-state index in [4.69, 9.17) is 10.8 Å². The van der Waals surface area contributed by atoms with Crippen LogP contribution in [0.5, 0.6) is 0 Å². The number of aliphatic hydroxyl groups is 1. The van der Waals surface area contributed by atoms with Gasteiger partial charge in [-0.25, -0.2) is 0 Å². The number of nitrogens with zero attached hydrogens (tertiary/aromatic N) is 1. The maximum absolute atomic E-state index is 11.9. The number of carbonyl (C=O) groups excluding carboxylic acids is 1. The van der Waals surface area contributed by atoms with Crippen molar-refractivity contribution in [3.8, 4) is 0 Å². The van der Waals surface area contributed by atoms with Gasteiger partial charge in [-0.05, 0) is 25.8 Å². The molecule has 1 unspecified atom stereocenters. The molecule has 0 aromatic carbocycles. The van der Waals surface area contributed by atoms with Gasteiger partial charge in [-0.2, -0.15) is 0 Å². The van der Waals surface area contributed by atoms with Crippen LogP contribution in [0.2, 0.25) is 0 Å². The van der Waals surface area contributed by atoms with Crippen molar-refractivity contribution in [3.05, 3.63) is 0 Å². The lowest BCUT2D eigenvalue weighted by atomic mass is 10.1. The molecule has 0 aliphatic heterocycles.